The number of nitrogens with zero attached hydrogens (tertiary/aromatic N) is 1. The molecule has 0 unspecified atom stereocenters. The van der Waals surface area contributed by atoms with Crippen LogP contribution in [0.3, 0.4) is 0 Å². The average molecular weight is 350 g/mol. The van der Waals surface area contributed by atoms with E-state index in [0.29, 0.717) is 17.4 Å². The first-order valence-electron chi connectivity index (χ1n) is 6.74. The van der Waals surface area contributed by atoms with Crippen LogP contribution >= 0.6 is 15.9 Å². The van der Waals surface area contributed by atoms with Crippen LogP contribution in [0.1, 0.15) is 26.3 Å². The lowest BCUT2D eigenvalue weighted by Gasteiger charge is -2.22. The van der Waals surface area contributed by atoms with Gasteiger partial charge in [0, 0.05) is 4.47 Å². The monoisotopic (exact) mass is 349 g/mol. The van der Waals surface area contributed by atoms with Gasteiger partial charge in [-0.05, 0) is 67.4 Å². The topological polar surface area (TPSA) is 60.2 Å². The highest BCUT2D eigenvalue weighted by Gasteiger charge is 2.15. The van der Waals surface area contributed by atoms with Crippen molar-refractivity contribution in [1.29, 1.82) is 0 Å². The standard InChI is InChI=1S/C16H20BrN3O/c1-10-6-5-7-12(14(10)17)19-13-9-8-11(18)15(20-13)21-16(2,3)4/h5-9H,18H2,1-4H3,(H,19,20). The number of nitrogen functional groups attached to an aromatic ring is 1. The zero-order valence-electron chi connectivity index (χ0n) is 12.7. The Morgan fingerprint density at radius 2 is 1.90 bits per heavy atom. The number of nitrogens with two attached hydrogens (primary N) is 1. The molecule has 0 saturated heterocycles. The molecule has 112 valence electrons. The minimum Gasteiger partial charge on any atom is -0.470 e. The maximum absolute atomic E-state index is 5.92. The van der Waals surface area contributed by atoms with Crippen molar-refractivity contribution in [3.8, 4) is 5.88 Å². The van der Waals surface area contributed by atoms with E-state index in [9.17, 15) is 0 Å². The van der Waals surface area contributed by atoms with Crippen LogP contribution in [-0.2, 0) is 0 Å². The van der Waals surface area contributed by atoms with Gasteiger partial charge in [-0.1, -0.05) is 12.1 Å². The van der Waals surface area contributed by atoms with Gasteiger partial charge in [-0.15, -0.1) is 0 Å². The molecule has 0 aliphatic carbocycles. The minimum absolute atomic E-state index is 0.344. The fraction of sp³-hybridized carbons (Fsp3) is 0.312. The maximum Gasteiger partial charge on any atom is 0.239 e. The summed E-state index contributed by atoms with van der Waals surface area (Å²) in [5.41, 5.74) is 8.21. The SMILES string of the molecule is Cc1cccc(Nc2ccc(N)c(OC(C)(C)C)n2)c1Br. The van der Waals surface area contributed by atoms with Gasteiger partial charge in [0.15, 0.2) is 0 Å². The molecule has 0 aliphatic rings. The minimum atomic E-state index is -0.344. The number of nitrogens with one attached hydrogen (secondary N) is 1. The second kappa shape index (κ2) is 5.93. The van der Waals surface area contributed by atoms with E-state index in [1.54, 1.807) is 6.07 Å². The summed E-state index contributed by atoms with van der Waals surface area (Å²) in [5.74, 6) is 1.13. The number of hydrogen-bond donors (Lipinski definition) is 2. The van der Waals surface area contributed by atoms with Gasteiger partial charge < -0.3 is 15.8 Å². The van der Waals surface area contributed by atoms with Crippen molar-refractivity contribution < 1.29 is 4.74 Å². The highest BCUT2D eigenvalue weighted by molar-refractivity contribution is 9.10. The molecule has 5 heteroatoms. The van der Waals surface area contributed by atoms with Gasteiger partial charge in [-0.3, -0.25) is 0 Å². The Morgan fingerprint density at radius 3 is 2.57 bits per heavy atom. The Bertz CT molecular complexity index is 650. The molecule has 0 bridgehead atoms. The maximum atomic E-state index is 5.92. The summed E-state index contributed by atoms with van der Waals surface area (Å²) in [6.07, 6.45) is 0. The molecule has 1 heterocycles. The summed E-state index contributed by atoms with van der Waals surface area (Å²) < 4.78 is 6.79. The van der Waals surface area contributed by atoms with Crippen molar-refractivity contribution in [2.24, 2.45) is 0 Å². The number of ether oxygens (including phenoxy) is 1. The number of aryl methyl sites for hydroxylation is 1. The van der Waals surface area contributed by atoms with E-state index in [2.05, 4.69) is 26.2 Å². The smallest absolute Gasteiger partial charge is 0.239 e. The summed E-state index contributed by atoms with van der Waals surface area (Å²) >= 11 is 3.57. The molecule has 21 heavy (non-hydrogen) atoms. The zero-order chi connectivity index (χ0) is 15.6. The molecule has 0 spiro atoms. The Balaban J connectivity index is 2.29. The number of hydrogen-bond acceptors (Lipinski definition) is 4. The molecule has 0 aliphatic heterocycles. The first-order valence-corrected chi connectivity index (χ1v) is 7.53. The third-order valence-electron chi connectivity index (χ3n) is 2.75. The van der Waals surface area contributed by atoms with Crippen molar-refractivity contribution in [2.45, 2.75) is 33.3 Å². The van der Waals surface area contributed by atoms with Gasteiger partial charge in [-0.2, -0.15) is 4.98 Å². The molecule has 1 aromatic carbocycles. The summed E-state index contributed by atoms with van der Waals surface area (Å²) in [6, 6.07) is 9.64. The first kappa shape index (κ1) is 15.6. The third kappa shape index (κ3) is 4.11. The van der Waals surface area contributed by atoms with Crippen molar-refractivity contribution >= 4 is 33.1 Å². The van der Waals surface area contributed by atoms with Gasteiger partial charge in [0.25, 0.3) is 0 Å². The lowest BCUT2D eigenvalue weighted by Crippen LogP contribution is -2.24. The van der Waals surface area contributed by atoms with E-state index in [-0.39, 0.29) is 5.60 Å². The molecule has 4 nitrogen and oxygen atoms in total. The number of anilines is 3. The lowest BCUT2D eigenvalue weighted by atomic mass is 10.2. The van der Waals surface area contributed by atoms with Gasteiger partial charge >= 0.3 is 0 Å². The Labute approximate surface area is 133 Å². The Kier molecular flexibility index (Phi) is 4.42. The molecule has 2 rings (SSSR count). The summed E-state index contributed by atoms with van der Waals surface area (Å²) in [5, 5.41) is 3.27. The molecular weight excluding hydrogens is 330 g/mol. The highest BCUT2D eigenvalue weighted by Crippen LogP contribution is 2.30. The van der Waals surface area contributed by atoms with E-state index in [4.69, 9.17) is 10.5 Å². The molecule has 0 amide bonds. The Hall–Kier alpha value is -1.75. The quantitative estimate of drug-likeness (QED) is 0.846. The predicted octanol–water partition coefficient (Wildman–Crippen LogP) is 4.66. The molecule has 2 aromatic rings. The van der Waals surface area contributed by atoms with Crippen molar-refractivity contribution in [3.63, 3.8) is 0 Å². The van der Waals surface area contributed by atoms with Crippen molar-refractivity contribution in [1.82, 2.24) is 4.98 Å². The van der Waals surface area contributed by atoms with Gasteiger partial charge in [-0.25, -0.2) is 0 Å². The van der Waals surface area contributed by atoms with E-state index in [1.807, 2.05) is 52.0 Å². The van der Waals surface area contributed by atoms with Crippen LogP contribution in [-0.4, -0.2) is 10.6 Å². The number of pyridine rings is 1. The van der Waals surface area contributed by atoms with E-state index < -0.39 is 0 Å². The molecule has 0 saturated carbocycles. The fourth-order valence-corrected chi connectivity index (χ4v) is 2.14. The van der Waals surface area contributed by atoms with Crippen LogP contribution in [0.5, 0.6) is 5.88 Å². The Morgan fingerprint density at radius 1 is 1.19 bits per heavy atom. The van der Waals surface area contributed by atoms with Crippen LogP contribution in [0.25, 0.3) is 0 Å². The molecule has 1 aromatic heterocycles. The zero-order valence-corrected chi connectivity index (χ0v) is 14.3. The summed E-state index contributed by atoms with van der Waals surface area (Å²) in [4.78, 5) is 4.44. The second-order valence-corrected chi connectivity index (χ2v) is 6.66. The highest BCUT2D eigenvalue weighted by atomic mass is 79.9. The second-order valence-electron chi connectivity index (χ2n) is 5.87. The van der Waals surface area contributed by atoms with Crippen LogP contribution in [0, 0.1) is 6.92 Å². The predicted molar refractivity (Wildman–Crippen MR) is 91.2 cm³/mol. The third-order valence-corrected chi connectivity index (χ3v) is 3.80. The van der Waals surface area contributed by atoms with E-state index >= 15 is 0 Å². The molecule has 0 radical (unpaired) electrons. The molecular formula is C16H20BrN3O. The van der Waals surface area contributed by atoms with E-state index in [1.165, 1.54) is 0 Å². The number of benzene rings is 1. The summed E-state index contributed by atoms with van der Waals surface area (Å²) in [7, 11) is 0. The first-order chi connectivity index (χ1) is 9.76. The fourth-order valence-electron chi connectivity index (χ4n) is 1.77. The number of halogens is 1. The van der Waals surface area contributed by atoms with Gasteiger partial charge in [0.2, 0.25) is 5.88 Å². The lowest BCUT2D eigenvalue weighted by molar-refractivity contribution is 0.125. The van der Waals surface area contributed by atoms with Crippen LogP contribution in [0.4, 0.5) is 17.2 Å². The number of aromatic nitrogens is 1. The van der Waals surface area contributed by atoms with Gasteiger partial charge in [0.05, 0.1) is 11.4 Å². The van der Waals surface area contributed by atoms with Crippen molar-refractivity contribution in [2.75, 3.05) is 11.1 Å². The normalized spacial score (nSPS) is 11.3. The number of rotatable bonds is 3. The largest absolute Gasteiger partial charge is 0.470 e. The van der Waals surface area contributed by atoms with Crippen LogP contribution in [0.2, 0.25) is 0 Å². The molecule has 3 N–H and O–H groups in total. The van der Waals surface area contributed by atoms with Crippen LogP contribution < -0.4 is 15.8 Å². The average Bonchev–Trinajstić information content (AvgIpc) is 2.37. The molecule has 0 fully saturated rings. The molecule has 0 atom stereocenters. The summed E-state index contributed by atoms with van der Waals surface area (Å²) in [6.45, 7) is 7.93. The van der Waals surface area contributed by atoms with Gasteiger partial charge in [0.1, 0.15) is 11.4 Å². The van der Waals surface area contributed by atoms with Crippen molar-refractivity contribution in [3.05, 3.63) is 40.4 Å². The van der Waals surface area contributed by atoms with E-state index in [0.717, 1.165) is 15.7 Å². The van der Waals surface area contributed by atoms with Crippen LogP contribution in [0.15, 0.2) is 34.8 Å².